The standard InChI is InChI=1S/C26H26ClN5O3/c1-26(25(35)29-14-18-9-5-6-10-20(18)27)15-31-16-30-21(22(31)24(34)32(26)19-11-12-19)23(33)28-13-17-7-3-2-4-8-17/h2-10,16,19H,11-15H2,1H3,(H,28,33)(H,29,35)/t26-/m0/s1. The molecular weight excluding hydrogens is 466 g/mol. The Labute approximate surface area is 208 Å². The van der Waals surface area contributed by atoms with Crippen LogP contribution < -0.4 is 10.6 Å². The number of halogens is 1. The maximum absolute atomic E-state index is 13.7. The molecule has 1 saturated carbocycles. The van der Waals surface area contributed by atoms with Crippen molar-refractivity contribution in [3.8, 4) is 0 Å². The average Bonchev–Trinajstić information content (AvgIpc) is 3.60. The normalized spacial score (nSPS) is 19.3. The molecule has 5 rings (SSSR count). The number of fused-ring (bicyclic) bond motifs is 1. The molecule has 1 aliphatic heterocycles. The second kappa shape index (κ2) is 9.19. The van der Waals surface area contributed by atoms with Gasteiger partial charge in [0.25, 0.3) is 11.8 Å². The minimum Gasteiger partial charge on any atom is -0.350 e. The molecule has 3 amide bonds. The molecule has 0 bridgehead atoms. The highest BCUT2D eigenvalue weighted by Gasteiger charge is 2.53. The minimum atomic E-state index is -1.12. The van der Waals surface area contributed by atoms with Crippen LogP contribution in [0.25, 0.3) is 0 Å². The van der Waals surface area contributed by atoms with Crippen LogP contribution in [0.1, 0.15) is 51.9 Å². The Hall–Kier alpha value is -3.65. The Kier molecular flexibility index (Phi) is 6.06. The summed E-state index contributed by atoms with van der Waals surface area (Å²) in [6, 6.07) is 16.8. The number of nitrogens with one attached hydrogen (secondary N) is 2. The predicted octanol–water partition coefficient (Wildman–Crippen LogP) is 3.16. The molecule has 0 spiro atoms. The van der Waals surface area contributed by atoms with Crippen LogP contribution in [-0.4, -0.2) is 43.8 Å². The molecule has 180 valence electrons. The lowest BCUT2D eigenvalue weighted by Crippen LogP contribution is -2.64. The molecule has 1 fully saturated rings. The third-order valence-electron chi connectivity index (χ3n) is 6.58. The lowest BCUT2D eigenvalue weighted by Gasteiger charge is -2.44. The van der Waals surface area contributed by atoms with E-state index in [2.05, 4.69) is 15.6 Å². The maximum Gasteiger partial charge on any atom is 0.274 e. The first-order chi connectivity index (χ1) is 16.9. The van der Waals surface area contributed by atoms with Crippen molar-refractivity contribution in [3.63, 3.8) is 0 Å². The van der Waals surface area contributed by atoms with E-state index in [0.717, 1.165) is 24.0 Å². The predicted molar refractivity (Wildman–Crippen MR) is 131 cm³/mol. The van der Waals surface area contributed by atoms with E-state index in [-0.39, 0.29) is 42.3 Å². The monoisotopic (exact) mass is 491 g/mol. The molecule has 2 aliphatic rings. The molecule has 1 atom stereocenters. The van der Waals surface area contributed by atoms with Crippen molar-refractivity contribution in [3.05, 3.63) is 88.5 Å². The van der Waals surface area contributed by atoms with E-state index in [1.54, 1.807) is 22.5 Å². The summed E-state index contributed by atoms with van der Waals surface area (Å²) in [5, 5.41) is 6.36. The Bertz CT molecular complexity index is 1290. The second-order valence-corrected chi connectivity index (χ2v) is 9.60. The number of rotatable bonds is 7. The van der Waals surface area contributed by atoms with Crippen molar-refractivity contribution >= 4 is 29.3 Å². The van der Waals surface area contributed by atoms with Crippen LogP contribution in [0.5, 0.6) is 0 Å². The van der Waals surface area contributed by atoms with Crippen molar-refractivity contribution in [2.24, 2.45) is 0 Å². The van der Waals surface area contributed by atoms with Gasteiger partial charge in [-0.3, -0.25) is 14.4 Å². The molecule has 35 heavy (non-hydrogen) atoms. The van der Waals surface area contributed by atoms with Gasteiger partial charge >= 0.3 is 0 Å². The van der Waals surface area contributed by atoms with E-state index in [1.807, 2.05) is 48.5 Å². The van der Waals surface area contributed by atoms with E-state index in [1.165, 1.54) is 6.33 Å². The number of nitrogens with zero attached hydrogens (tertiary/aromatic N) is 3. The highest BCUT2D eigenvalue weighted by atomic mass is 35.5. The van der Waals surface area contributed by atoms with Crippen LogP contribution in [0.4, 0.5) is 0 Å². The zero-order valence-electron chi connectivity index (χ0n) is 19.3. The highest BCUT2D eigenvalue weighted by Crippen LogP contribution is 2.39. The number of imidazole rings is 1. The summed E-state index contributed by atoms with van der Waals surface area (Å²) in [5.41, 5.74) is 0.925. The Morgan fingerprint density at radius 2 is 1.77 bits per heavy atom. The fourth-order valence-corrected chi connectivity index (χ4v) is 4.79. The Morgan fingerprint density at radius 3 is 2.49 bits per heavy atom. The van der Waals surface area contributed by atoms with E-state index >= 15 is 0 Å². The number of hydrogen-bond donors (Lipinski definition) is 2. The van der Waals surface area contributed by atoms with Gasteiger partial charge < -0.3 is 20.1 Å². The van der Waals surface area contributed by atoms with Gasteiger partial charge in [-0.15, -0.1) is 0 Å². The summed E-state index contributed by atoms with van der Waals surface area (Å²) in [6.07, 6.45) is 3.11. The fourth-order valence-electron chi connectivity index (χ4n) is 4.59. The van der Waals surface area contributed by atoms with E-state index in [9.17, 15) is 14.4 Å². The highest BCUT2D eigenvalue weighted by molar-refractivity contribution is 6.31. The molecule has 1 aliphatic carbocycles. The third-order valence-corrected chi connectivity index (χ3v) is 6.95. The molecule has 0 saturated heterocycles. The average molecular weight is 492 g/mol. The Morgan fingerprint density at radius 1 is 1.06 bits per heavy atom. The lowest BCUT2D eigenvalue weighted by molar-refractivity contribution is -0.133. The molecular formula is C26H26ClN5O3. The zero-order chi connectivity index (χ0) is 24.6. The summed E-state index contributed by atoms with van der Waals surface area (Å²) in [5.74, 6) is -1.04. The molecule has 0 radical (unpaired) electrons. The van der Waals surface area contributed by atoms with Crippen LogP contribution in [0, 0.1) is 0 Å². The fraction of sp³-hybridized carbons (Fsp3) is 0.308. The molecule has 2 N–H and O–H groups in total. The van der Waals surface area contributed by atoms with Crippen LogP contribution in [0.3, 0.4) is 0 Å². The lowest BCUT2D eigenvalue weighted by atomic mass is 9.93. The SMILES string of the molecule is C[C@@]1(C(=O)NCc2ccccc2Cl)Cn2cnc(C(=O)NCc3ccccc3)c2C(=O)N1C1CC1. The first-order valence-corrected chi connectivity index (χ1v) is 12.0. The van der Waals surface area contributed by atoms with Crippen LogP contribution in [0.15, 0.2) is 60.9 Å². The maximum atomic E-state index is 13.7. The number of aromatic nitrogens is 2. The molecule has 0 unspecified atom stereocenters. The molecule has 2 heterocycles. The second-order valence-electron chi connectivity index (χ2n) is 9.19. The van der Waals surface area contributed by atoms with Gasteiger partial charge in [-0.1, -0.05) is 60.1 Å². The van der Waals surface area contributed by atoms with Gasteiger partial charge in [0.2, 0.25) is 5.91 Å². The molecule has 1 aromatic heterocycles. The topological polar surface area (TPSA) is 96.3 Å². The smallest absolute Gasteiger partial charge is 0.274 e. The summed E-state index contributed by atoms with van der Waals surface area (Å²) >= 11 is 6.24. The molecule has 8 nitrogen and oxygen atoms in total. The molecule has 9 heteroatoms. The van der Waals surface area contributed by atoms with Crippen molar-refractivity contribution in [2.75, 3.05) is 0 Å². The number of hydrogen-bond acceptors (Lipinski definition) is 4. The van der Waals surface area contributed by atoms with Gasteiger partial charge in [0.1, 0.15) is 11.2 Å². The van der Waals surface area contributed by atoms with Crippen molar-refractivity contribution in [1.82, 2.24) is 25.1 Å². The molecule has 2 aromatic carbocycles. The minimum absolute atomic E-state index is 0.0394. The van der Waals surface area contributed by atoms with Crippen LogP contribution in [0.2, 0.25) is 5.02 Å². The number of carbonyl (C=O) groups is 3. The third kappa shape index (κ3) is 4.41. The quantitative estimate of drug-likeness (QED) is 0.530. The molecule has 3 aromatic rings. The van der Waals surface area contributed by atoms with Gasteiger partial charge in [-0.2, -0.15) is 0 Å². The first-order valence-electron chi connectivity index (χ1n) is 11.6. The van der Waals surface area contributed by atoms with Gasteiger partial charge in [-0.25, -0.2) is 4.98 Å². The number of benzene rings is 2. The summed E-state index contributed by atoms with van der Waals surface area (Å²) < 4.78 is 1.62. The van der Waals surface area contributed by atoms with Crippen molar-refractivity contribution < 1.29 is 14.4 Å². The van der Waals surface area contributed by atoms with Gasteiger partial charge in [0.15, 0.2) is 5.69 Å². The Balaban J connectivity index is 1.37. The first kappa shape index (κ1) is 23.1. The van der Waals surface area contributed by atoms with E-state index in [0.29, 0.717) is 11.6 Å². The van der Waals surface area contributed by atoms with Crippen molar-refractivity contribution in [1.29, 1.82) is 0 Å². The van der Waals surface area contributed by atoms with Crippen LogP contribution >= 0.6 is 11.6 Å². The van der Waals surface area contributed by atoms with Gasteiger partial charge in [0.05, 0.1) is 12.9 Å². The summed E-state index contributed by atoms with van der Waals surface area (Å²) in [4.78, 5) is 46.0. The van der Waals surface area contributed by atoms with Gasteiger partial charge in [-0.05, 0) is 37.0 Å². The van der Waals surface area contributed by atoms with Crippen LogP contribution in [-0.2, 0) is 24.4 Å². The largest absolute Gasteiger partial charge is 0.350 e. The number of carbonyl (C=O) groups excluding carboxylic acids is 3. The van der Waals surface area contributed by atoms with E-state index in [4.69, 9.17) is 11.6 Å². The van der Waals surface area contributed by atoms with Gasteiger partial charge in [0, 0.05) is 24.2 Å². The van der Waals surface area contributed by atoms with E-state index < -0.39 is 11.4 Å². The zero-order valence-corrected chi connectivity index (χ0v) is 20.1. The van der Waals surface area contributed by atoms with Crippen molar-refractivity contribution in [2.45, 2.75) is 51.0 Å². The summed E-state index contributed by atoms with van der Waals surface area (Å²) in [6.45, 7) is 2.56. The summed E-state index contributed by atoms with van der Waals surface area (Å²) in [7, 11) is 0. The number of amides is 3.